The summed E-state index contributed by atoms with van der Waals surface area (Å²) in [6, 6.07) is 5.49. The van der Waals surface area contributed by atoms with E-state index in [4.69, 9.17) is 9.47 Å². The molecule has 0 heterocycles. The Labute approximate surface area is 143 Å². The molecule has 132 valence electrons. The first-order chi connectivity index (χ1) is 11.9. The van der Waals surface area contributed by atoms with Gasteiger partial charge in [0, 0.05) is 16.7 Å². The monoisotopic (exact) mass is 346 g/mol. The molecule has 8 nitrogen and oxygen atoms in total. The van der Waals surface area contributed by atoms with Crippen molar-refractivity contribution in [1.82, 2.24) is 5.43 Å². The number of phenols is 3. The fraction of sp³-hybridized carbons (Fsp3) is 0.176. The van der Waals surface area contributed by atoms with Gasteiger partial charge >= 0.3 is 0 Å². The molecule has 2 rings (SSSR count). The molecule has 2 aromatic rings. The summed E-state index contributed by atoms with van der Waals surface area (Å²) < 4.78 is 10.5. The molecule has 0 aliphatic rings. The molecular formula is C17H18N2O6. The number of carbonyl (C=O) groups excluding carboxylic acids is 1. The predicted molar refractivity (Wildman–Crippen MR) is 90.8 cm³/mol. The van der Waals surface area contributed by atoms with Gasteiger partial charge in [0.15, 0.2) is 17.2 Å². The molecule has 0 aliphatic carbocycles. The van der Waals surface area contributed by atoms with E-state index in [-0.39, 0.29) is 5.56 Å². The Hall–Kier alpha value is -3.42. The van der Waals surface area contributed by atoms with Crippen molar-refractivity contribution in [3.63, 3.8) is 0 Å². The van der Waals surface area contributed by atoms with Gasteiger partial charge in [-0.25, -0.2) is 5.43 Å². The second-order valence-corrected chi connectivity index (χ2v) is 5.08. The van der Waals surface area contributed by atoms with E-state index in [1.807, 2.05) is 6.92 Å². The largest absolute Gasteiger partial charge is 0.504 e. The second-order valence-electron chi connectivity index (χ2n) is 5.08. The van der Waals surface area contributed by atoms with Crippen molar-refractivity contribution in [2.45, 2.75) is 6.92 Å². The first-order valence-corrected chi connectivity index (χ1v) is 7.19. The first-order valence-electron chi connectivity index (χ1n) is 7.19. The van der Waals surface area contributed by atoms with Crippen LogP contribution in [0.1, 0.15) is 21.5 Å². The topological polar surface area (TPSA) is 121 Å². The number of methoxy groups -OCH3 is 2. The number of carbonyl (C=O) groups is 1. The lowest BCUT2D eigenvalue weighted by Crippen LogP contribution is -2.17. The summed E-state index contributed by atoms with van der Waals surface area (Å²) in [6.45, 7) is 1.83. The van der Waals surface area contributed by atoms with Gasteiger partial charge in [-0.1, -0.05) is 0 Å². The van der Waals surface area contributed by atoms with Crippen LogP contribution in [-0.4, -0.2) is 41.7 Å². The summed E-state index contributed by atoms with van der Waals surface area (Å²) in [7, 11) is 3.07. The summed E-state index contributed by atoms with van der Waals surface area (Å²) >= 11 is 0. The van der Waals surface area contributed by atoms with E-state index >= 15 is 0 Å². The van der Waals surface area contributed by atoms with E-state index in [1.54, 1.807) is 19.2 Å². The fourth-order valence-electron chi connectivity index (χ4n) is 2.25. The van der Waals surface area contributed by atoms with Crippen LogP contribution in [0, 0.1) is 6.92 Å². The third-order valence-electron chi connectivity index (χ3n) is 3.51. The number of ether oxygens (including phenoxy) is 2. The summed E-state index contributed by atoms with van der Waals surface area (Å²) in [5, 5.41) is 32.0. The van der Waals surface area contributed by atoms with Crippen molar-refractivity contribution in [2.24, 2.45) is 5.10 Å². The SMILES string of the molecule is COc1ccc(/C=N/NC(=O)c2cc(O)c(O)c(O)c2)c(OC)c1C. The van der Waals surface area contributed by atoms with Crippen LogP contribution in [0.5, 0.6) is 28.7 Å². The Balaban J connectivity index is 2.19. The van der Waals surface area contributed by atoms with Crippen molar-refractivity contribution in [3.05, 3.63) is 41.0 Å². The van der Waals surface area contributed by atoms with Crippen molar-refractivity contribution in [1.29, 1.82) is 0 Å². The van der Waals surface area contributed by atoms with Crippen LogP contribution in [-0.2, 0) is 0 Å². The summed E-state index contributed by atoms with van der Waals surface area (Å²) in [4.78, 5) is 12.0. The van der Waals surface area contributed by atoms with E-state index in [0.717, 1.165) is 17.7 Å². The van der Waals surface area contributed by atoms with Crippen LogP contribution in [0.25, 0.3) is 0 Å². The molecule has 0 fully saturated rings. The van der Waals surface area contributed by atoms with Gasteiger partial charge in [-0.3, -0.25) is 4.79 Å². The van der Waals surface area contributed by atoms with E-state index < -0.39 is 23.2 Å². The highest BCUT2D eigenvalue weighted by atomic mass is 16.5. The second kappa shape index (κ2) is 7.43. The minimum atomic E-state index is -0.696. The third-order valence-corrected chi connectivity index (χ3v) is 3.51. The predicted octanol–water partition coefficient (Wildman–Crippen LogP) is 1.89. The zero-order valence-corrected chi connectivity index (χ0v) is 13.9. The van der Waals surface area contributed by atoms with Gasteiger partial charge in [0.1, 0.15) is 11.5 Å². The normalized spacial score (nSPS) is 10.7. The van der Waals surface area contributed by atoms with Crippen LogP contribution >= 0.6 is 0 Å². The summed E-state index contributed by atoms with van der Waals surface area (Å²) in [6.07, 6.45) is 1.39. The number of hydrogen-bond acceptors (Lipinski definition) is 7. The number of phenolic OH excluding ortho intramolecular Hbond substituents is 3. The lowest BCUT2D eigenvalue weighted by Gasteiger charge is -2.12. The molecule has 0 atom stereocenters. The van der Waals surface area contributed by atoms with Gasteiger partial charge in [0.25, 0.3) is 5.91 Å². The minimum Gasteiger partial charge on any atom is -0.504 e. The first kappa shape index (κ1) is 17.9. The lowest BCUT2D eigenvalue weighted by atomic mass is 10.1. The molecule has 0 radical (unpaired) electrons. The Morgan fingerprint density at radius 3 is 2.32 bits per heavy atom. The average molecular weight is 346 g/mol. The zero-order valence-electron chi connectivity index (χ0n) is 13.9. The Morgan fingerprint density at radius 1 is 1.12 bits per heavy atom. The number of benzene rings is 2. The molecule has 2 aromatic carbocycles. The maximum Gasteiger partial charge on any atom is 0.271 e. The molecule has 0 bridgehead atoms. The maximum atomic E-state index is 12.0. The van der Waals surface area contributed by atoms with Crippen molar-refractivity contribution >= 4 is 12.1 Å². The number of nitrogens with zero attached hydrogens (tertiary/aromatic N) is 1. The van der Waals surface area contributed by atoms with Crippen LogP contribution in [0.4, 0.5) is 0 Å². The fourth-order valence-corrected chi connectivity index (χ4v) is 2.25. The maximum absolute atomic E-state index is 12.0. The number of amides is 1. The molecule has 0 unspecified atom stereocenters. The highest BCUT2D eigenvalue weighted by molar-refractivity contribution is 5.96. The van der Waals surface area contributed by atoms with Gasteiger partial charge in [-0.2, -0.15) is 5.10 Å². The number of nitrogens with one attached hydrogen (secondary N) is 1. The summed E-state index contributed by atoms with van der Waals surface area (Å²) in [5.41, 5.74) is 3.60. The van der Waals surface area contributed by atoms with E-state index in [9.17, 15) is 20.1 Å². The number of hydrazone groups is 1. The standard InChI is InChI=1S/C17H18N2O6/c1-9-14(24-2)5-4-10(16(9)25-3)8-18-19-17(23)11-6-12(20)15(22)13(21)7-11/h4-8,20-22H,1-3H3,(H,19,23)/b18-8+. The van der Waals surface area contributed by atoms with Gasteiger partial charge in [-0.05, 0) is 31.2 Å². The number of aromatic hydroxyl groups is 3. The molecule has 0 saturated carbocycles. The molecular weight excluding hydrogens is 328 g/mol. The Bertz CT molecular complexity index is 809. The van der Waals surface area contributed by atoms with Crippen LogP contribution in [0.3, 0.4) is 0 Å². The summed E-state index contributed by atoms with van der Waals surface area (Å²) in [5.74, 6) is -1.38. The third kappa shape index (κ3) is 3.74. The highest BCUT2D eigenvalue weighted by Crippen LogP contribution is 2.35. The van der Waals surface area contributed by atoms with Gasteiger partial charge in [0.05, 0.1) is 20.4 Å². The van der Waals surface area contributed by atoms with Crippen LogP contribution in [0.15, 0.2) is 29.4 Å². The molecule has 1 amide bonds. The Morgan fingerprint density at radius 2 is 1.76 bits per heavy atom. The molecule has 4 N–H and O–H groups in total. The average Bonchev–Trinajstić information content (AvgIpc) is 2.59. The molecule has 0 spiro atoms. The molecule has 8 heteroatoms. The van der Waals surface area contributed by atoms with Crippen molar-refractivity contribution in [2.75, 3.05) is 14.2 Å². The quantitative estimate of drug-likeness (QED) is 0.373. The number of hydrogen-bond donors (Lipinski definition) is 4. The smallest absolute Gasteiger partial charge is 0.271 e. The highest BCUT2D eigenvalue weighted by Gasteiger charge is 2.13. The van der Waals surface area contributed by atoms with Gasteiger partial charge in [-0.15, -0.1) is 0 Å². The van der Waals surface area contributed by atoms with Crippen LogP contribution in [0.2, 0.25) is 0 Å². The van der Waals surface area contributed by atoms with E-state index in [2.05, 4.69) is 10.5 Å². The van der Waals surface area contributed by atoms with Crippen molar-refractivity contribution in [3.8, 4) is 28.7 Å². The Kier molecular flexibility index (Phi) is 5.33. The van der Waals surface area contributed by atoms with Gasteiger partial charge < -0.3 is 24.8 Å². The van der Waals surface area contributed by atoms with Gasteiger partial charge in [0.2, 0.25) is 0 Å². The number of rotatable bonds is 5. The molecule has 0 saturated heterocycles. The van der Waals surface area contributed by atoms with E-state index in [1.165, 1.54) is 13.3 Å². The van der Waals surface area contributed by atoms with E-state index in [0.29, 0.717) is 17.1 Å². The zero-order chi connectivity index (χ0) is 18.6. The van der Waals surface area contributed by atoms with Crippen molar-refractivity contribution < 1.29 is 29.6 Å². The lowest BCUT2D eigenvalue weighted by molar-refractivity contribution is 0.0954. The molecule has 25 heavy (non-hydrogen) atoms. The minimum absolute atomic E-state index is 0.0668. The molecule has 0 aliphatic heterocycles. The van der Waals surface area contributed by atoms with Crippen LogP contribution < -0.4 is 14.9 Å². The molecule has 0 aromatic heterocycles.